The SMILES string of the molecule is CCCCC(NC(N)=O)C(=O)Nc1cc(Br)cc(C)c1N.Cl. The van der Waals surface area contributed by atoms with Gasteiger partial charge in [-0.2, -0.15) is 0 Å². The molecule has 8 heteroatoms. The molecule has 1 atom stereocenters. The summed E-state index contributed by atoms with van der Waals surface area (Å²) in [5, 5.41) is 5.20. The molecular weight excluding hydrogens is 372 g/mol. The van der Waals surface area contributed by atoms with Crippen molar-refractivity contribution in [1.29, 1.82) is 0 Å². The number of nitrogen functional groups attached to an aromatic ring is 1. The fraction of sp³-hybridized carbons (Fsp3) is 0.429. The van der Waals surface area contributed by atoms with E-state index in [2.05, 4.69) is 26.6 Å². The Morgan fingerprint density at radius 1 is 1.36 bits per heavy atom. The Morgan fingerprint density at radius 3 is 2.55 bits per heavy atom. The number of hydrogen-bond acceptors (Lipinski definition) is 3. The molecule has 22 heavy (non-hydrogen) atoms. The van der Waals surface area contributed by atoms with E-state index in [1.807, 2.05) is 19.9 Å². The van der Waals surface area contributed by atoms with Gasteiger partial charge >= 0.3 is 6.03 Å². The standard InChI is InChI=1S/C14H21BrN4O2.ClH/c1-3-4-5-10(19-14(17)21)13(20)18-11-7-9(15)6-8(2)12(11)16;/h6-7,10H,3-5,16H2,1-2H3,(H,18,20)(H3,17,19,21);1H. The van der Waals surface area contributed by atoms with Crippen LogP contribution in [0.15, 0.2) is 16.6 Å². The summed E-state index contributed by atoms with van der Waals surface area (Å²) in [4.78, 5) is 23.3. The Labute approximate surface area is 144 Å². The van der Waals surface area contributed by atoms with E-state index in [1.165, 1.54) is 0 Å². The Bertz CT molecular complexity index is 540. The first-order valence-corrected chi connectivity index (χ1v) is 7.56. The number of hydrogen-bond donors (Lipinski definition) is 4. The lowest BCUT2D eigenvalue weighted by atomic mass is 10.1. The van der Waals surface area contributed by atoms with Crippen LogP contribution in [0.4, 0.5) is 16.2 Å². The van der Waals surface area contributed by atoms with Crippen molar-refractivity contribution < 1.29 is 9.59 Å². The van der Waals surface area contributed by atoms with Crippen molar-refractivity contribution in [3.63, 3.8) is 0 Å². The zero-order valence-electron chi connectivity index (χ0n) is 12.6. The largest absolute Gasteiger partial charge is 0.397 e. The summed E-state index contributed by atoms with van der Waals surface area (Å²) in [6.45, 7) is 3.86. The Morgan fingerprint density at radius 2 is 2.00 bits per heavy atom. The third-order valence-electron chi connectivity index (χ3n) is 3.09. The minimum absolute atomic E-state index is 0. The number of unbranched alkanes of at least 4 members (excludes halogenated alkanes) is 1. The van der Waals surface area contributed by atoms with Gasteiger partial charge in [-0.05, 0) is 31.0 Å². The number of carbonyl (C=O) groups is 2. The molecule has 3 amide bonds. The average Bonchev–Trinajstić information content (AvgIpc) is 2.39. The quantitative estimate of drug-likeness (QED) is 0.558. The molecule has 6 nitrogen and oxygen atoms in total. The van der Waals surface area contributed by atoms with Crippen molar-refractivity contribution in [3.05, 3.63) is 22.2 Å². The highest BCUT2D eigenvalue weighted by atomic mass is 79.9. The second-order valence-corrected chi connectivity index (χ2v) is 5.79. The highest BCUT2D eigenvalue weighted by Gasteiger charge is 2.20. The van der Waals surface area contributed by atoms with Crippen molar-refractivity contribution in [2.24, 2.45) is 5.73 Å². The number of rotatable bonds is 6. The van der Waals surface area contributed by atoms with E-state index in [0.717, 1.165) is 22.9 Å². The number of carbonyl (C=O) groups excluding carboxylic acids is 2. The summed E-state index contributed by atoms with van der Waals surface area (Å²) in [5.74, 6) is -0.327. The number of halogens is 2. The van der Waals surface area contributed by atoms with Crippen LogP contribution in [0.25, 0.3) is 0 Å². The number of urea groups is 1. The van der Waals surface area contributed by atoms with Gasteiger partial charge in [-0.3, -0.25) is 4.79 Å². The van der Waals surface area contributed by atoms with E-state index < -0.39 is 12.1 Å². The summed E-state index contributed by atoms with van der Waals surface area (Å²) in [6, 6.07) is 2.20. The zero-order valence-corrected chi connectivity index (χ0v) is 15.0. The minimum atomic E-state index is -0.718. The van der Waals surface area contributed by atoms with Crippen LogP contribution in [0, 0.1) is 6.92 Å². The lowest BCUT2D eigenvalue weighted by Gasteiger charge is -2.18. The molecule has 0 spiro atoms. The maximum absolute atomic E-state index is 12.3. The lowest BCUT2D eigenvalue weighted by molar-refractivity contribution is -0.118. The first-order chi connectivity index (χ1) is 9.85. The molecule has 0 fully saturated rings. The number of aryl methyl sites for hydroxylation is 1. The lowest BCUT2D eigenvalue weighted by Crippen LogP contribution is -2.46. The monoisotopic (exact) mass is 392 g/mol. The number of nitrogens with two attached hydrogens (primary N) is 2. The Balaban J connectivity index is 0.00000441. The second kappa shape index (κ2) is 9.53. The van der Waals surface area contributed by atoms with Crippen LogP contribution in [0.1, 0.15) is 31.7 Å². The van der Waals surface area contributed by atoms with Gasteiger partial charge in [-0.25, -0.2) is 4.79 Å². The summed E-state index contributed by atoms with van der Waals surface area (Å²) < 4.78 is 0.817. The van der Waals surface area contributed by atoms with Crippen molar-refractivity contribution in [3.8, 4) is 0 Å². The van der Waals surface area contributed by atoms with Gasteiger partial charge in [-0.1, -0.05) is 35.7 Å². The highest BCUT2D eigenvalue weighted by Crippen LogP contribution is 2.27. The molecule has 0 aliphatic heterocycles. The molecule has 1 unspecified atom stereocenters. The van der Waals surface area contributed by atoms with Crippen molar-refractivity contribution in [2.75, 3.05) is 11.1 Å². The van der Waals surface area contributed by atoms with E-state index in [9.17, 15) is 9.59 Å². The fourth-order valence-electron chi connectivity index (χ4n) is 1.93. The van der Waals surface area contributed by atoms with Crippen LogP contribution >= 0.6 is 28.3 Å². The minimum Gasteiger partial charge on any atom is -0.397 e. The van der Waals surface area contributed by atoms with Crippen molar-refractivity contribution in [2.45, 2.75) is 39.2 Å². The van der Waals surface area contributed by atoms with Gasteiger partial charge in [0.25, 0.3) is 0 Å². The zero-order chi connectivity index (χ0) is 16.0. The molecule has 0 radical (unpaired) electrons. The van der Waals surface area contributed by atoms with Gasteiger partial charge in [0, 0.05) is 4.47 Å². The molecule has 0 saturated heterocycles. The first-order valence-electron chi connectivity index (χ1n) is 6.77. The summed E-state index contributed by atoms with van der Waals surface area (Å²) in [5.41, 5.74) is 12.9. The topological polar surface area (TPSA) is 110 Å². The summed E-state index contributed by atoms with van der Waals surface area (Å²) in [6.07, 6.45) is 2.26. The van der Waals surface area contributed by atoms with E-state index in [0.29, 0.717) is 17.8 Å². The van der Waals surface area contributed by atoms with Crippen LogP contribution in [0.2, 0.25) is 0 Å². The van der Waals surface area contributed by atoms with E-state index in [-0.39, 0.29) is 18.3 Å². The molecule has 1 aromatic carbocycles. The van der Waals surface area contributed by atoms with Crippen LogP contribution in [0.5, 0.6) is 0 Å². The maximum atomic E-state index is 12.3. The van der Waals surface area contributed by atoms with E-state index >= 15 is 0 Å². The third kappa shape index (κ3) is 6.11. The molecule has 0 heterocycles. The number of nitrogens with one attached hydrogen (secondary N) is 2. The molecule has 0 aliphatic rings. The summed E-state index contributed by atoms with van der Waals surface area (Å²) >= 11 is 3.36. The first kappa shape index (κ1) is 20.5. The second-order valence-electron chi connectivity index (χ2n) is 4.88. The van der Waals surface area contributed by atoms with Crippen molar-refractivity contribution in [1.82, 2.24) is 5.32 Å². The molecule has 0 saturated carbocycles. The van der Waals surface area contributed by atoms with Gasteiger partial charge in [0.2, 0.25) is 5.91 Å². The molecule has 1 aromatic rings. The number of benzene rings is 1. The molecule has 0 aliphatic carbocycles. The molecular formula is C14H22BrClN4O2. The number of anilines is 2. The van der Waals surface area contributed by atoms with Crippen LogP contribution in [-0.4, -0.2) is 18.0 Å². The number of primary amides is 1. The third-order valence-corrected chi connectivity index (χ3v) is 3.55. The fourth-order valence-corrected chi connectivity index (χ4v) is 2.50. The molecule has 6 N–H and O–H groups in total. The molecule has 1 rings (SSSR count). The van der Waals surface area contributed by atoms with Crippen LogP contribution < -0.4 is 22.1 Å². The van der Waals surface area contributed by atoms with Crippen molar-refractivity contribution >= 4 is 51.7 Å². The molecule has 0 aromatic heterocycles. The maximum Gasteiger partial charge on any atom is 0.312 e. The van der Waals surface area contributed by atoms with Crippen LogP contribution in [0.3, 0.4) is 0 Å². The van der Waals surface area contributed by atoms with E-state index in [1.54, 1.807) is 6.07 Å². The smallest absolute Gasteiger partial charge is 0.312 e. The summed E-state index contributed by atoms with van der Waals surface area (Å²) in [7, 11) is 0. The van der Waals surface area contributed by atoms with Gasteiger partial charge < -0.3 is 22.1 Å². The molecule has 124 valence electrons. The van der Waals surface area contributed by atoms with Gasteiger partial charge in [0.05, 0.1) is 11.4 Å². The van der Waals surface area contributed by atoms with Gasteiger partial charge in [0.15, 0.2) is 0 Å². The van der Waals surface area contributed by atoms with E-state index in [4.69, 9.17) is 11.5 Å². The van der Waals surface area contributed by atoms with Crippen LogP contribution in [-0.2, 0) is 4.79 Å². The Kier molecular flexibility index (Phi) is 8.89. The predicted molar refractivity (Wildman–Crippen MR) is 95.2 cm³/mol. The highest BCUT2D eigenvalue weighted by molar-refractivity contribution is 9.10. The normalized spacial score (nSPS) is 11.2. The van der Waals surface area contributed by atoms with Gasteiger partial charge in [-0.15, -0.1) is 12.4 Å². The van der Waals surface area contributed by atoms with Gasteiger partial charge in [0.1, 0.15) is 6.04 Å². The predicted octanol–water partition coefficient (Wildman–Crippen LogP) is 2.93. The Hall–Kier alpha value is -1.47. The average molecular weight is 394 g/mol. The number of amides is 3. The molecule has 0 bridgehead atoms.